The van der Waals surface area contributed by atoms with Gasteiger partial charge in [0.15, 0.2) is 8.32 Å². The molecule has 2 aliphatic rings. The second-order valence-corrected chi connectivity index (χ2v) is 15.9. The van der Waals surface area contributed by atoms with E-state index in [0.717, 1.165) is 24.8 Å². The Kier molecular flexibility index (Phi) is 10.7. The van der Waals surface area contributed by atoms with Crippen LogP contribution < -0.4 is 0 Å². The molecule has 37 heavy (non-hydrogen) atoms. The highest BCUT2D eigenvalue weighted by Gasteiger charge is 2.41. The lowest BCUT2D eigenvalue weighted by Gasteiger charge is -2.42. The fourth-order valence-corrected chi connectivity index (χ4v) is 5.39. The fraction of sp³-hybridized carbons (Fsp3) is 0.586. The molecule has 0 amide bonds. The summed E-state index contributed by atoms with van der Waals surface area (Å²) < 4.78 is 29.3. The quantitative estimate of drug-likeness (QED) is 0.237. The van der Waals surface area contributed by atoms with E-state index < -0.39 is 32.5 Å². The molecule has 0 aliphatic carbocycles. The number of carbonyl (C=O) groups excluding carboxylic acids is 2. The molecule has 0 aromatic heterocycles. The first kappa shape index (κ1) is 29.3. The van der Waals surface area contributed by atoms with Crippen molar-refractivity contribution in [3.05, 3.63) is 60.2 Å². The molecular weight excluding hydrogens is 488 g/mol. The van der Waals surface area contributed by atoms with Crippen molar-refractivity contribution in [2.75, 3.05) is 13.2 Å². The van der Waals surface area contributed by atoms with E-state index in [1.165, 1.54) is 12.2 Å². The van der Waals surface area contributed by atoms with Gasteiger partial charge in [0.2, 0.25) is 0 Å². The molecule has 2 heterocycles. The number of carbonyl (C=O) groups is 2. The van der Waals surface area contributed by atoms with Crippen molar-refractivity contribution >= 4 is 20.3 Å². The summed E-state index contributed by atoms with van der Waals surface area (Å²) in [6, 6.07) is 9.48. The molecule has 0 N–H and O–H groups in total. The summed E-state index contributed by atoms with van der Waals surface area (Å²) >= 11 is 0. The Bertz CT molecular complexity index is 935. The van der Waals surface area contributed by atoms with Gasteiger partial charge in [0.05, 0.1) is 6.10 Å². The number of benzene rings is 1. The van der Waals surface area contributed by atoms with Crippen molar-refractivity contribution in [2.45, 2.75) is 95.6 Å². The predicted molar refractivity (Wildman–Crippen MR) is 144 cm³/mol. The molecule has 0 bridgehead atoms. The van der Waals surface area contributed by atoms with E-state index >= 15 is 0 Å². The first-order chi connectivity index (χ1) is 17.5. The zero-order valence-electron chi connectivity index (χ0n) is 22.8. The van der Waals surface area contributed by atoms with Crippen molar-refractivity contribution in [1.82, 2.24) is 0 Å². The van der Waals surface area contributed by atoms with E-state index in [0.29, 0.717) is 19.6 Å². The molecule has 0 spiro atoms. The molecule has 0 radical (unpaired) electrons. The van der Waals surface area contributed by atoms with Crippen LogP contribution in [-0.4, -0.2) is 57.9 Å². The van der Waals surface area contributed by atoms with E-state index in [-0.39, 0.29) is 23.9 Å². The maximum Gasteiger partial charge on any atom is 0.330 e. The molecule has 204 valence electrons. The van der Waals surface area contributed by atoms with Crippen LogP contribution in [-0.2, 0) is 39.6 Å². The van der Waals surface area contributed by atoms with Crippen LogP contribution in [0.25, 0.3) is 0 Å². The lowest BCUT2D eigenvalue weighted by Crippen LogP contribution is -2.48. The maximum atomic E-state index is 12.7. The number of hydrogen-bond acceptors (Lipinski definition) is 7. The molecule has 1 aromatic carbocycles. The summed E-state index contributed by atoms with van der Waals surface area (Å²) in [5.74, 6) is -0.925. The molecule has 7 nitrogen and oxygen atoms in total. The van der Waals surface area contributed by atoms with Crippen LogP contribution in [0, 0.1) is 0 Å². The second kappa shape index (κ2) is 13.5. The molecule has 2 aliphatic heterocycles. The van der Waals surface area contributed by atoms with Crippen LogP contribution >= 0.6 is 0 Å². The number of hydrogen-bond donors (Lipinski definition) is 0. The van der Waals surface area contributed by atoms with Gasteiger partial charge in [-0.1, -0.05) is 51.1 Å². The van der Waals surface area contributed by atoms with Gasteiger partial charge in [0, 0.05) is 25.4 Å². The lowest BCUT2D eigenvalue weighted by molar-refractivity contribution is -0.154. The standard InChI is InChI=1S/C29H42O7Si/c1-29(2,3)37(4,5)36-26-14-10-20-33-24(26)16-18-28(31)35-25-13-9-19-32-23(25)15-17-27(30)34-21-22-11-7-6-8-12-22/h6-8,11-12,15-18,23-26H,9-10,13-14,19-21H2,1-5H3/b17-15+,18-16+/t23-,24-,25-,26-/m1/s1. The molecule has 2 saturated heterocycles. The van der Waals surface area contributed by atoms with Gasteiger partial charge in [-0.2, -0.15) is 0 Å². The van der Waals surface area contributed by atoms with Crippen LogP contribution in [0.2, 0.25) is 18.1 Å². The smallest absolute Gasteiger partial charge is 0.330 e. The Morgan fingerprint density at radius 1 is 0.919 bits per heavy atom. The van der Waals surface area contributed by atoms with Crippen molar-refractivity contribution < 1.29 is 33.0 Å². The molecule has 3 rings (SSSR count). The van der Waals surface area contributed by atoms with Gasteiger partial charge in [-0.15, -0.1) is 0 Å². The minimum atomic E-state index is -1.97. The SMILES string of the molecule is CC(C)(C)[Si](C)(C)O[C@@H]1CCCO[C@@H]1/C=C/C(=O)O[C@@H]1CCCO[C@@H]1/C=C/C(=O)OCc1ccccc1. The van der Waals surface area contributed by atoms with Gasteiger partial charge in [0.25, 0.3) is 0 Å². The molecule has 8 heteroatoms. The molecular formula is C29H42O7Si. The number of esters is 2. The van der Waals surface area contributed by atoms with Gasteiger partial charge >= 0.3 is 11.9 Å². The normalized spacial score (nSPS) is 25.3. The monoisotopic (exact) mass is 530 g/mol. The first-order valence-corrected chi connectivity index (χ1v) is 16.1. The Morgan fingerprint density at radius 3 is 2.11 bits per heavy atom. The summed E-state index contributed by atoms with van der Waals surface area (Å²) in [6.07, 6.45) is 8.08. The van der Waals surface area contributed by atoms with Crippen LogP contribution in [0.4, 0.5) is 0 Å². The minimum Gasteiger partial charge on any atom is -0.458 e. The summed E-state index contributed by atoms with van der Waals surface area (Å²) in [5.41, 5.74) is 0.913. The van der Waals surface area contributed by atoms with Crippen molar-refractivity contribution in [2.24, 2.45) is 0 Å². The van der Waals surface area contributed by atoms with Crippen LogP contribution in [0.15, 0.2) is 54.6 Å². The number of ether oxygens (including phenoxy) is 4. The lowest BCUT2D eigenvalue weighted by atomic mass is 10.0. The average Bonchev–Trinajstić information content (AvgIpc) is 2.86. The van der Waals surface area contributed by atoms with E-state index in [4.69, 9.17) is 23.4 Å². The van der Waals surface area contributed by atoms with Crippen molar-refractivity contribution in [3.63, 3.8) is 0 Å². The van der Waals surface area contributed by atoms with Crippen LogP contribution in [0.1, 0.15) is 52.0 Å². The fourth-order valence-electron chi connectivity index (χ4n) is 4.03. The molecule has 1 aromatic rings. The Labute approximate surface area is 222 Å². The molecule has 4 atom stereocenters. The Balaban J connectivity index is 1.53. The molecule has 0 unspecified atom stereocenters. The van der Waals surface area contributed by atoms with E-state index in [1.54, 1.807) is 12.2 Å². The third-order valence-electron chi connectivity index (χ3n) is 7.21. The van der Waals surface area contributed by atoms with Gasteiger partial charge < -0.3 is 23.4 Å². The summed E-state index contributed by atoms with van der Waals surface area (Å²) in [4.78, 5) is 24.8. The predicted octanol–water partition coefficient (Wildman–Crippen LogP) is 5.50. The summed E-state index contributed by atoms with van der Waals surface area (Å²) in [6.45, 7) is 12.5. The third-order valence-corrected chi connectivity index (χ3v) is 11.7. The van der Waals surface area contributed by atoms with Crippen LogP contribution in [0.3, 0.4) is 0 Å². The third kappa shape index (κ3) is 9.21. The molecule has 0 saturated carbocycles. The second-order valence-electron chi connectivity index (χ2n) is 11.2. The zero-order valence-corrected chi connectivity index (χ0v) is 23.8. The van der Waals surface area contributed by atoms with Gasteiger partial charge in [-0.25, -0.2) is 9.59 Å². The average molecular weight is 531 g/mol. The molecule has 2 fully saturated rings. The van der Waals surface area contributed by atoms with Crippen LogP contribution in [0.5, 0.6) is 0 Å². The Hall–Kier alpha value is -2.26. The van der Waals surface area contributed by atoms with Gasteiger partial charge in [-0.05, 0) is 61.5 Å². The zero-order chi connectivity index (χ0) is 26.9. The number of rotatable bonds is 9. The summed E-state index contributed by atoms with van der Waals surface area (Å²) in [7, 11) is -1.97. The minimum absolute atomic E-state index is 0.0747. The van der Waals surface area contributed by atoms with E-state index in [9.17, 15) is 9.59 Å². The first-order valence-electron chi connectivity index (χ1n) is 13.2. The topological polar surface area (TPSA) is 80.3 Å². The van der Waals surface area contributed by atoms with Crippen molar-refractivity contribution in [1.29, 1.82) is 0 Å². The highest BCUT2D eigenvalue weighted by Crippen LogP contribution is 2.39. The van der Waals surface area contributed by atoms with E-state index in [2.05, 4.69) is 33.9 Å². The largest absolute Gasteiger partial charge is 0.458 e. The van der Waals surface area contributed by atoms with Gasteiger partial charge in [-0.3, -0.25) is 0 Å². The van der Waals surface area contributed by atoms with Gasteiger partial charge in [0.1, 0.15) is 24.9 Å². The van der Waals surface area contributed by atoms with Crippen molar-refractivity contribution in [3.8, 4) is 0 Å². The maximum absolute atomic E-state index is 12.7. The van der Waals surface area contributed by atoms with E-state index in [1.807, 2.05) is 30.3 Å². The Morgan fingerprint density at radius 2 is 1.49 bits per heavy atom. The highest BCUT2D eigenvalue weighted by molar-refractivity contribution is 6.74. The summed E-state index contributed by atoms with van der Waals surface area (Å²) in [5, 5.41) is 0.0924. The highest BCUT2D eigenvalue weighted by atomic mass is 28.4.